The van der Waals surface area contributed by atoms with Gasteiger partial charge < -0.3 is 9.64 Å². The van der Waals surface area contributed by atoms with Crippen LogP contribution >= 0.6 is 0 Å². The number of nitrogens with zero attached hydrogens (tertiary/aromatic N) is 2. The maximum absolute atomic E-state index is 12.7. The second-order valence-electron chi connectivity index (χ2n) is 7.35. The van der Waals surface area contributed by atoms with Crippen molar-refractivity contribution in [1.29, 1.82) is 0 Å². The van der Waals surface area contributed by atoms with Crippen LogP contribution in [0.1, 0.15) is 38.2 Å². The largest absolute Gasteiger partial charge is 0.377 e. The molecule has 0 radical (unpaired) electrons. The molecule has 1 unspecified atom stereocenters. The first-order valence-corrected chi connectivity index (χ1v) is 9.36. The summed E-state index contributed by atoms with van der Waals surface area (Å²) in [6, 6.07) is 10.4. The van der Waals surface area contributed by atoms with Crippen molar-refractivity contribution in [2.45, 2.75) is 45.3 Å². The highest BCUT2D eigenvalue weighted by molar-refractivity contribution is 5.78. The average Bonchev–Trinajstić information content (AvgIpc) is 3.09. The molecule has 132 valence electrons. The zero-order chi connectivity index (χ0) is 16.8. The number of rotatable bonds is 6. The van der Waals surface area contributed by atoms with Crippen LogP contribution < -0.4 is 0 Å². The number of carbonyl (C=O) groups is 1. The molecule has 0 spiro atoms. The smallest absolute Gasteiger partial charge is 0.236 e. The number of ether oxygens (including phenoxy) is 1. The topological polar surface area (TPSA) is 32.8 Å². The van der Waals surface area contributed by atoms with E-state index < -0.39 is 0 Å². The quantitative estimate of drug-likeness (QED) is 0.804. The van der Waals surface area contributed by atoms with Crippen molar-refractivity contribution in [2.24, 2.45) is 5.92 Å². The van der Waals surface area contributed by atoms with E-state index in [0.29, 0.717) is 6.54 Å². The van der Waals surface area contributed by atoms with Gasteiger partial charge in [0.2, 0.25) is 5.91 Å². The van der Waals surface area contributed by atoms with Gasteiger partial charge in [0.1, 0.15) is 0 Å². The number of hydrogen-bond acceptors (Lipinski definition) is 3. The van der Waals surface area contributed by atoms with Gasteiger partial charge in [-0.2, -0.15) is 0 Å². The number of carbonyl (C=O) groups excluding carboxylic acids is 1. The van der Waals surface area contributed by atoms with Crippen molar-refractivity contribution in [3.05, 3.63) is 35.9 Å². The number of likely N-dealkylation sites (tertiary alicyclic amines) is 1. The maximum atomic E-state index is 12.7. The molecule has 1 aromatic carbocycles. The molecule has 0 saturated carbocycles. The molecule has 0 bridgehead atoms. The Kier molecular flexibility index (Phi) is 6.27. The molecule has 24 heavy (non-hydrogen) atoms. The van der Waals surface area contributed by atoms with Gasteiger partial charge in [-0.3, -0.25) is 9.69 Å². The normalized spacial score (nSPS) is 22.2. The molecule has 0 aromatic heterocycles. The molecular weight excluding hydrogens is 300 g/mol. The van der Waals surface area contributed by atoms with Gasteiger partial charge in [0.25, 0.3) is 0 Å². The lowest BCUT2D eigenvalue weighted by Crippen LogP contribution is -2.45. The lowest BCUT2D eigenvalue weighted by molar-refractivity contribution is -0.134. The third-order valence-corrected chi connectivity index (χ3v) is 5.23. The standard InChI is InChI=1S/C20H30N2O2/c1-17-9-11-22(12-10-17)20(23)16-21(15-19-8-5-13-24-19)14-18-6-3-2-4-7-18/h2-4,6-7,17,19H,5,8-16H2,1H3. The zero-order valence-electron chi connectivity index (χ0n) is 14.8. The Hall–Kier alpha value is -1.39. The Morgan fingerprint density at radius 3 is 2.62 bits per heavy atom. The van der Waals surface area contributed by atoms with Crippen LogP contribution in [-0.2, 0) is 16.1 Å². The fourth-order valence-corrected chi connectivity index (χ4v) is 3.65. The molecule has 1 atom stereocenters. The summed E-state index contributed by atoms with van der Waals surface area (Å²) in [7, 11) is 0. The SMILES string of the molecule is CC1CCN(C(=O)CN(Cc2ccccc2)CC2CCCO2)CC1. The maximum Gasteiger partial charge on any atom is 0.236 e. The van der Waals surface area contributed by atoms with Crippen LogP contribution in [0.25, 0.3) is 0 Å². The summed E-state index contributed by atoms with van der Waals surface area (Å²) in [6.07, 6.45) is 4.80. The predicted octanol–water partition coefficient (Wildman–Crippen LogP) is 2.93. The molecular formula is C20H30N2O2. The van der Waals surface area contributed by atoms with Crippen molar-refractivity contribution < 1.29 is 9.53 Å². The Balaban J connectivity index is 1.59. The molecule has 0 aliphatic carbocycles. The summed E-state index contributed by atoms with van der Waals surface area (Å²) in [6.45, 7) is 7.14. The van der Waals surface area contributed by atoms with Gasteiger partial charge in [0.15, 0.2) is 0 Å². The van der Waals surface area contributed by atoms with Gasteiger partial charge in [0, 0.05) is 32.8 Å². The van der Waals surface area contributed by atoms with E-state index in [9.17, 15) is 4.79 Å². The van der Waals surface area contributed by atoms with Crippen LogP contribution in [0, 0.1) is 5.92 Å². The zero-order valence-corrected chi connectivity index (χ0v) is 14.8. The molecule has 2 fully saturated rings. The minimum Gasteiger partial charge on any atom is -0.377 e. The molecule has 2 heterocycles. The highest BCUT2D eigenvalue weighted by atomic mass is 16.5. The van der Waals surface area contributed by atoms with Gasteiger partial charge in [-0.25, -0.2) is 0 Å². The number of amides is 1. The first kappa shape index (κ1) is 17.4. The van der Waals surface area contributed by atoms with Crippen molar-refractivity contribution in [1.82, 2.24) is 9.80 Å². The number of benzene rings is 1. The summed E-state index contributed by atoms with van der Waals surface area (Å²) in [5, 5.41) is 0. The third-order valence-electron chi connectivity index (χ3n) is 5.23. The predicted molar refractivity (Wildman–Crippen MR) is 95.7 cm³/mol. The minimum atomic E-state index is 0.274. The van der Waals surface area contributed by atoms with Crippen LogP contribution in [0.3, 0.4) is 0 Å². The van der Waals surface area contributed by atoms with Crippen molar-refractivity contribution in [3.63, 3.8) is 0 Å². The Morgan fingerprint density at radius 2 is 1.96 bits per heavy atom. The minimum absolute atomic E-state index is 0.274. The molecule has 1 amide bonds. The molecule has 4 nitrogen and oxygen atoms in total. The molecule has 4 heteroatoms. The first-order valence-electron chi connectivity index (χ1n) is 9.36. The number of piperidine rings is 1. The Bertz CT molecular complexity index is 506. The van der Waals surface area contributed by atoms with Gasteiger partial charge in [-0.05, 0) is 37.2 Å². The van der Waals surface area contributed by atoms with Gasteiger partial charge in [-0.1, -0.05) is 37.3 Å². The fourth-order valence-electron chi connectivity index (χ4n) is 3.65. The van der Waals surface area contributed by atoms with Crippen molar-refractivity contribution in [3.8, 4) is 0 Å². The summed E-state index contributed by atoms with van der Waals surface area (Å²) in [5.74, 6) is 1.03. The van der Waals surface area contributed by atoms with Gasteiger partial charge in [-0.15, -0.1) is 0 Å². The van der Waals surface area contributed by atoms with Gasteiger partial charge >= 0.3 is 0 Å². The van der Waals surface area contributed by atoms with Crippen LogP contribution in [0.4, 0.5) is 0 Å². The molecule has 0 N–H and O–H groups in total. The van der Waals surface area contributed by atoms with E-state index >= 15 is 0 Å². The second kappa shape index (κ2) is 8.63. The summed E-state index contributed by atoms with van der Waals surface area (Å²) >= 11 is 0. The summed E-state index contributed by atoms with van der Waals surface area (Å²) in [5.41, 5.74) is 1.26. The Morgan fingerprint density at radius 1 is 1.21 bits per heavy atom. The van der Waals surface area contributed by atoms with Gasteiger partial charge in [0.05, 0.1) is 12.6 Å². The van der Waals surface area contributed by atoms with Crippen LogP contribution in [0.15, 0.2) is 30.3 Å². The highest BCUT2D eigenvalue weighted by Gasteiger charge is 2.25. The van der Waals surface area contributed by atoms with Crippen LogP contribution in [0.5, 0.6) is 0 Å². The van der Waals surface area contributed by atoms with E-state index in [-0.39, 0.29) is 12.0 Å². The van der Waals surface area contributed by atoms with E-state index in [4.69, 9.17) is 4.74 Å². The van der Waals surface area contributed by atoms with Crippen LogP contribution in [-0.4, -0.2) is 54.6 Å². The molecule has 3 rings (SSSR count). The second-order valence-corrected chi connectivity index (χ2v) is 7.35. The Labute approximate surface area is 145 Å². The average molecular weight is 330 g/mol. The fraction of sp³-hybridized carbons (Fsp3) is 0.650. The molecule has 2 aliphatic rings. The summed E-state index contributed by atoms with van der Waals surface area (Å²) in [4.78, 5) is 17.0. The van der Waals surface area contributed by atoms with Crippen molar-refractivity contribution in [2.75, 3.05) is 32.8 Å². The van der Waals surface area contributed by atoms with E-state index in [2.05, 4.69) is 36.1 Å². The monoisotopic (exact) mass is 330 g/mol. The van der Waals surface area contributed by atoms with E-state index in [0.717, 1.165) is 64.4 Å². The van der Waals surface area contributed by atoms with Crippen molar-refractivity contribution >= 4 is 5.91 Å². The molecule has 2 aliphatic heterocycles. The number of hydrogen-bond donors (Lipinski definition) is 0. The third kappa shape index (κ3) is 5.05. The lowest BCUT2D eigenvalue weighted by atomic mass is 9.99. The molecule has 1 aromatic rings. The van der Waals surface area contributed by atoms with Crippen LogP contribution in [0.2, 0.25) is 0 Å². The molecule has 2 saturated heterocycles. The van der Waals surface area contributed by atoms with E-state index in [1.54, 1.807) is 0 Å². The van der Waals surface area contributed by atoms with E-state index in [1.807, 2.05) is 11.0 Å². The summed E-state index contributed by atoms with van der Waals surface area (Å²) < 4.78 is 5.80. The first-order chi connectivity index (χ1) is 11.7. The van der Waals surface area contributed by atoms with E-state index in [1.165, 1.54) is 5.56 Å². The lowest BCUT2D eigenvalue weighted by Gasteiger charge is -2.33. The highest BCUT2D eigenvalue weighted by Crippen LogP contribution is 2.18.